The number of carbonyl (C=O) groups is 1. The van der Waals surface area contributed by atoms with Crippen molar-refractivity contribution in [1.82, 2.24) is 10.1 Å². The van der Waals surface area contributed by atoms with Crippen molar-refractivity contribution >= 4 is 21.7 Å². The number of halogens is 1. The van der Waals surface area contributed by atoms with Gasteiger partial charge in [0.1, 0.15) is 5.78 Å². The summed E-state index contributed by atoms with van der Waals surface area (Å²) >= 11 is 3.39. The molecule has 1 heterocycles. The third kappa shape index (κ3) is 4.00. The molecule has 1 aromatic heterocycles. The zero-order valence-electron chi connectivity index (χ0n) is 11.8. The van der Waals surface area contributed by atoms with E-state index in [-0.39, 0.29) is 17.6 Å². The molecule has 0 aliphatic heterocycles. The molecule has 0 aliphatic carbocycles. The van der Waals surface area contributed by atoms with Gasteiger partial charge in [-0.1, -0.05) is 54.0 Å². The Kier molecular flexibility index (Phi) is 4.38. The predicted octanol–water partition coefficient (Wildman–Crippen LogP) is 3.58. The van der Waals surface area contributed by atoms with Crippen molar-refractivity contribution in [3.8, 4) is 0 Å². The minimum atomic E-state index is -0.389. The quantitative estimate of drug-likeness (QED) is 0.856. The molecule has 0 atom stereocenters. The number of hydrogen-bond acceptors (Lipinski definition) is 4. The second-order valence-corrected chi connectivity index (χ2v) is 6.67. The van der Waals surface area contributed by atoms with Crippen LogP contribution in [0.25, 0.3) is 0 Å². The van der Waals surface area contributed by atoms with E-state index >= 15 is 0 Å². The lowest BCUT2D eigenvalue weighted by Gasteiger charge is -2.14. The molecule has 0 radical (unpaired) electrons. The van der Waals surface area contributed by atoms with Crippen molar-refractivity contribution in [2.45, 2.75) is 33.6 Å². The number of benzene rings is 1. The molecule has 20 heavy (non-hydrogen) atoms. The maximum Gasteiger partial charge on any atom is 0.234 e. The summed E-state index contributed by atoms with van der Waals surface area (Å²) in [6.45, 7) is 5.65. The van der Waals surface area contributed by atoms with Crippen LogP contribution in [0.3, 0.4) is 0 Å². The van der Waals surface area contributed by atoms with Gasteiger partial charge >= 0.3 is 0 Å². The molecule has 2 aromatic rings. The highest BCUT2D eigenvalue weighted by Crippen LogP contribution is 2.18. The second kappa shape index (κ2) is 5.87. The lowest BCUT2D eigenvalue weighted by molar-refractivity contribution is -0.125. The Morgan fingerprint density at radius 3 is 2.50 bits per heavy atom. The van der Waals surface area contributed by atoms with Crippen molar-refractivity contribution in [2.75, 3.05) is 0 Å². The first kappa shape index (κ1) is 14.9. The number of Topliss-reactive ketones (excluding diaryl/α,β-unsaturated/α-hetero) is 1. The Bertz CT molecular complexity index is 597. The standard InChI is InChI=1S/C15H17BrN2O2/c1-15(2,3)12(19)9-14-17-13(18-20-14)8-10-4-6-11(16)7-5-10/h4-7H,8-9H2,1-3H3. The minimum absolute atomic E-state index is 0.0938. The monoisotopic (exact) mass is 336 g/mol. The van der Waals surface area contributed by atoms with Gasteiger partial charge in [-0.15, -0.1) is 0 Å². The molecule has 1 aromatic carbocycles. The molecule has 0 saturated carbocycles. The summed E-state index contributed by atoms with van der Waals surface area (Å²) in [5.41, 5.74) is 0.711. The fourth-order valence-electron chi connectivity index (χ4n) is 1.62. The van der Waals surface area contributed by atoms with Crippen molar-refractivity contribution in [1.29, 1.82) is 0 Å². The molecule has 0 amide bonds. The average Bonchev–Trinajstić information content (AvgIpc) is 2.78. The van der Waals surface area contributed by atoms with E-state index in [9.17, 15) is 4.79 Å². The molecule has 0 spiro atoms. The van der Waals surface area contributed by atoms with Crippen LogP contribution in [0, 0.1) is 5.41 Å². The predicted molar refractivity (Wildman–Crippen MR) is 79.4 cm³/mol. The molecular formula is C15H17BrN2O2. The molecule has 0 fully saturated rings. The van der Waals surface area contributed by atoms with Crippen LogP contribution < -0.4 is 0 Å². The summed E-state index contributed by atoms with van der Waals surface area (Å²) in [5, 5.41) is 3.92. The Morgan fingerprint density at radius 1 is 1.25 bits per heavy atom. The van der Waals surface area contributed by atoms with E-state index in [1.54, 1.807) is 0 Å². The molecule has 2 rings (SSSR count). The van der Waals surface area contributed by atoms with Crippen LogP contribution in [0.4, 0.5) is 0 Å². The van der Waals surface area contributed by atoms with Crippen molar-refractivity contribution < 1.29 is 9.32 Å². The van der Waals surface area contributed by atoms with E-state index < -0.39 is 0 Å². The number of aromatic nitrogens is 2. The van der Waals surface area contributed by atoms with Crippen LogP contribution in [0.15, 0.2) is 33.3 Å². The summed E-state index contributed by atoms with van der Waals surface area (Å²) in [4.78, 5) is 16.2. The van der Waals surface area contributed by atoms with Gasteiger partial charge in [-0.25, -0.2) is 0 Å². The van der Waals surface area contributed by atoms with E-state index in [0.29, 0.717) is 18.1 Å². The topological polar surface area (TPSA) is 56.0 Å². The minimum Gasteiger partial charge on any atom is -0.339 e. The Morgan fingerprint density at radius 2 is 1.90 bits per heavy atom. The molecule has 0 saturated heterocycles. The van der Waals surface area contributed by atoms with Gasteiger partial charge in [-0.2, -0.15) is 4.98 Å². The highest BCUT2D eigenvalue weighted by Gasteiger charge is 2.23. The maximum atomic E-state index is 11.9. The number of hydrogen-bond donors (Lipinski definition) is 0. The summed E-state index contributed by atoms with van der Waals surface area (Å²) in [6, 6.07) is 7.94. The Hall–Kier alpha value is -1.49. The van der Waals surface area contributed by atoms with E-state index in [4.69, 9.17) is 4.52 Å². The number of carbonyl (C=O) groups excluding carboxylic acids is 1. The Balaban J connectivity index is 2.02. The first-order valence-corrected chi connectivity index (χ1v) is 7.23. The van der Waals surface area contributed by atoms with Crippen LogP contribution in [0.1, 0.15) is 38.0 Å². The highest BCUT2D eigenvalue weighted by atomic mass is 79.9. The average molecular weight is 337 g/mol. The molecular weight excluding hydrogens is 320 g/mol. The molecule has 0 bridgehead atoms. The fourth-order valence-corrected chi connectivity index (χ4v) is 1.89. The van der Waals surface area contributed by atoms with Gasteiger partial charge in [0.2, 0.25) is 5.89 Å². The van der Waals surface area contributed by atoms with E-state index in [1.165, 1.54) is 0 Å². The van der Waals surface area contributed by atoms with Crippen molar-refractivity contribution in [3.05, 3.63) is 46.0 Å². The van der Waals surface area contributed by atoms with E-state index in [2.05, 4.69) is 26.1 Å². The lowest BCUT2D eigenvalue weighted by Crippen LogP contribution is -2.22. The van der Waals surface area contributed by atoms with Gasteiger partial charge in [0.05, 0.1) is 6.42 Å². The number of nitrogens with zero attached hydrogens (tertiary/aromatic N) is 2. The van der Waals surface area contributed by atoms with Gasteiger partial charge in [0, 0.05) is 16.3 Å². The van der Waals surface area contributed by atoms with Crippen LogP contribution in [-0.4, -0.2) is 15.9 Å². The third-order valence-electron chi connectivity index (χ3n) is 2.93. The van der Waals surface area contributed by atoms with Crippen LogP contribution in [-0.2, 0) is 17.6 Å². The van der Waals surface area contributed by atoms with Crippen LogP contribution >= 0.6 is 15.9 Å². The first-order chi connectivity index (χ1) is 9.34. The summed E-state index contributed by atoms with van der Waals surface area (Å²) in [6.07, 6.45) is 0.789. The van der Waals surface area contributed by atoms with Crippen LogP contribution in [0.5, 0.6) is 0 Å². The zero-order valence-corrected chi connectivity index (χ0v) is 13.4. The normalized spacial score (nSPS) is 11.6. The number of ketones is 1. The molecule has 4 nitrogen and oxygen atoms in total. The van der Waals surface area contributed by atoms with E-state index in [1.807, 2.05) is 45.0 Å². The van der Waals surface area contributed by atoms with Crippen LogP contribution in [0.2, 0.25) is 0 Å². The SMILES string of the molecule is CC(C)(C)C(=O)Cc1nc(Cc2ccc(Br)cc2)no1. The van der Waals surface area contributed by atoms with Gasteiger partial charge in [0.25, 0.3) is 0 Å². The largest absolute Gasteiger partial charge is 0.339 e. The smallest absolute Gasteiger partial charge is 0.234 e. The van der Waals surface area contributed by atoms with E-state index in [0.717, 1.165) is 10.0 Å². The Labute approximate surface area is 126 Å². The number of rotatable bonds is 4. The fraction of sp³-hybridized carbons (Fsp3) is 0.400. The van der Waals surface area contributed by atoms with Gasteiger partial charge < -0.3 is 4.52 Å². The molecule has 0 unspecified atom stereocenters. The van der Waals surface area contributed by atoms with Gasteiger partial charge in [0.15, 0.2) is 5.82 Å². The van der Waals surface area contributed by atoms with Crippen molar-refractivity contribution in [3.63, 3.8) is 0 Å². The van der Waals surface area contributed by atoms with Gasteiger partial charge in [-0.3, -0.25) is 4.79 Å². The lowest BCUT2D eigenvalue weighted by atomic mass is 9.89. The second-order valence-electron chi connectivity index (χ2n) is 5.76. The van der Waals surface area contributed by atoms with Crippen molar-refractivity contribution in [2.24, 2.45) is 5.41 Å². The summed E-state index contributed by atoms with van der Waals surface area (Å²) in [5.74, 6) is 1.08. The first-order valence-electron chi connectivity index (χ1n) is 6.44. The molecule has 0 N–H and O–H groups in total. The summed E-state index contributed by atoms with van der Waals surface area (Å²) < 4.78 is 6.17. The summed E-state index contributed by atoms with van der Waals surface area (Å²) in [7, 11) is 0. The molecule has 5 heteroatoms. The van der Waals surface area contributed by atoms with Gasteiger partial charge in [-0.05, 0) is 17.7 Å². The molecule has 0 aliphatic rings. The maximum absolute atomic E-state index is 11.9. The molecule has 106 valence electrons. The third-order valence-corrected chi connectivity index (χ3v) is 3.46. The zero-order chi connectivity index (χ0) is 14.8. The highest BCUT2D eigenvalue weighted by molar-refractivity contribution is 9.10.